The number of amides is 1. The third-order valence-electron chi connectivity index (χ3n) is 7.01. The summed E-state index contributed by atoms with van der Waals surface area (Å²) in [6.45, 7) is 11.4. The molecule has 1 aliphatic heterocycles. The highest BCUT2D eigenvalue weighted by Crippen LogP contribution is 2.29. The van der Waals surface area contributed by atoms with Crippen molar-refractivity contribution in [3.63, 3.8) is 0 Å². The predicted octanol–water partition coefficient (Wildman–Crippen LogP) is -1.00. The summed E-state index contributed by atoms with van der Waals surface area (Å²) in [5.41, 5.74) is 15.0. The summed E-state index contributed by atoms with van der Waals surface area (Å²) < 4.78 is 15.3. The number of halogens is 2. The van der Waals surface area contributed by atoms with Gasteiger partial charge in [-0.15, -0.1) is 0 Å². The van der Waals surface area contributed by atoms with E-state index >= 15 is 0 Å². The van der Waals surface area contributed by atoms with Crippen LogP contribution >= 0.6 is 11.6 Å². The average molecular weight is 610 g/mol. The lowest BCUT2D eigenvalue weighted by Crippen LogP contribution is -3.00. The van der Waals surface area contributed by atoms with Crippen molar-refractivity contribution in [1.82, 2.24) is 19.9 Å². The third kappa shape index (κ3) is 7.00. The summed E-state index contributed by atoms with van der Waals surface area (Å²) in [4.78, 5) is 36.7. The number of rotatable bonds is 12. The maximum absolute atomic E-state index is 13.4. The molecule has 1 amide bonds. The molecule has 5 N–H and O–H groups in total. The number of morpholine rings is 1. The molecule has 0 bridgehead atoms. The number of anilines is 3. The number of hydrogen-bond acceptors (Lipinski definition) is 9. The van der Waals surface area contributed by atoms with Crippen LogP contribution in [0.25, 0.3) is 11.0 Å². The molecule has 14 heteroatoms. The Morgan fingerprint density at radius 3 is 2.54 bits per heavy atom. The molecule has 0 atom stereocenters. The second kappa shape index (κ2) is 14.6. The number of Topliss-reactive ketones (excluding diaryl/α,β-unsaturated/α-hetero) is 1. The van der Waals surface area contributed by atoms with Crippen molar-refractivity contribution in [3.8, 4) is 0 Å². The van der Waals surface area contributed by atoms with E-state index in [1.807, 2.05) is 19.9 Å². The van der Waals surface area contributed by atoms with Gasteiger partial charge in [-0.1, -0.05) is 11.6 Å². The first-order valence-electron chi connectivity index (χ1n) is 13.7. The van der Waals surface area contributed by atoms with Gasteiger partial charge in [-0.25, -0.2) is 19.1 Å². The Labute approximate surface area is 250 Å². The highest BCUT2D eigenvalue weighted by molar-refractivity contribution is 6.31. The van der Waals surface area contributed by atoms with Gasteiger partial charge in [0.1, 0.15) is 5.69 Å². The van der Waals surface area contributed by atoms with E-state index in [0.717, 1.165) is 22.5 Å². The maximum atomic E-state index is 13.4. The van der Waals surface area contributed by atoms with E-state index in [9.17, 15) is 9.59 Å². The van der Waals surface area contributed by atoms with Crippen molar-refractivity contribution in [3.05, 3.63) is 34.4 Å². The number of aryl methyl sites for hydroxylation is 2. The monoisotopic (exact) mass is 608 g/mol. The van der Waals surface area contributed by atoms with Gasteiger partial charge >= 0.3 is 0 Å². The molecule has 0 aliphatic carbocycles. The van der Waals surface area contributed by atoms with Crippen LogP contribution < -0.4 is 38.7 Å². The summed E-state index contributed by atoms with van der Waals surface area (Å²) in [6.07, 6.45) is 0.581. The molecule has 0 radical (unpaired) electrons. The van der Waals surface area contributed by atoms with Crippen LogP contribution in [0.4, 0.5) is 17.3 Å². The SMILES string of the molecule is CCOCCNC(=O)c1cc2c(cc1N1CCOCC1)[n+](CC)c(CCC(=O)c1nc(Cl)c(N)nc1N)n2CC.[Cl-]. The van der Waals surface area contributed by atoms with Gasteiger partial charge in [0.05, 0.1) is 50.6 Å². The van der Waals surface area contributed by atoms with Crippen LogP contribution in [0.15, 0.2) is 12.1 Å². The fourth-order valence-corrected chi connectivity index (χ4v) is 5.24. The van der Waals surface area contributed by atoms with Crippen molar-refractivity contribution in [2.45, 2.75) is 46.7 Å². The number of nitrogens with one attached hydrogen (secondary N) is 1. The summed E-state index contributed by atoms with van der Waals surface area (Å²) in [5, 5.41) is 2.95. The first-order chi connectivity index (χ1) is 19.3. The number of ether oxygens (including phenoxy) is 2. The topological polar surface area (TPSA) is 154 Å². The number of benzene rings is 1. The molecule has 0 unspecified atom stereocenters. The van der Waals surface area contributed by atoms with Gasteiger partial charge in [-0.3, -0.25) is 9.59 Å². The van der Waals surface area contributed by atoms with Crippen LogP contribution in [-0.2, 0) is 29.0 Å². The first kappa shape index (κ1) is 32.3. The van der Waals surface area contributed by atoms with Gasteiger partial charge in [0.25, 0.3) is 11.7 Å². The van der Waals surface area contributed by atoms with E-state index in [4.69, 9.17) is 32.5 Å². The van der Waals surface area contributed by atoms with E-state index in [-0.39, 0.29) is 53.0 Å². The molecule has 1 saturated heterocycles. The van der Waals surface area contributed by atoms with Gasteiger partial charge in [0.2, 0.25) is 0 Å². The molecule has 3 aromatic rings. The van der Waals surface area contributed by atoms with E-state index in [1.165, 1.54) is 0 Å². The lowest BCUT2D eigenvalue weighted by Gasteiger charge is -2.30. The fraction of sp³-hybridized carbons (Fsp3) is 0.519. The van der Waals surface area contributed by atoms with E-state index < -0.39 is 0 Å². The number of imidazole rings is 1. The van der Waals surface area contributed by atoms with Crippen molar-refractivity contribution in [2.75, 3.05) is 62.4 Å². The van der Waals surface area contributed by atoms with Crippen LogP contribution in [0.3, 0.4) is 0 Å². The number of aromatic nitrogens is 4. The zero-order valence-corrected chi connectivity index (χ0v) is 25.2. The van der Waals surface area contributed by atoms with Crippen molar-refractivity contribution >= 4 is 51.6 Å². The molecule has 0 spiro atoms. The molecule has 41 heavy (non-hydrogen) atoms. The highest BCUT2D eigenvalue weighted by Gasteiger charge is 2.29. The fourth-order valence-electron chi connectivity index (χ4n) is 5.11. The second-order valence-corrected chi connectivity index (χ2v) is 9.73. The summed E-state index contributed by atoms with van der Waals surface area (Å²) >= 11 is 6.00. The molecule has 12 nitrogen and oxygen atoms in total. The Bertz CT molecular complexity index is 1390. The first-order valence-corrected chi connectivity index (χ1v) is 14.1. The highest BCUT2D eigenvalue weighted by atomic mass is 35.5. The molecule has 1 aromatic carbocycles. The minimum absolute atomic E-state index is 0. The Morgan fingerprint density at radius 2 is 1.88 bits per heavy atom. The maximum Gasteiger partial charge on any atom is 0.257 e. The van der Waals surface area contributed by atoms with Gasteiger partial charge in [0, 0.05) is 44.8 Å². The number of nitrogen functional groups attached to an aromatic ring is 2. The Kier molecular flexibility index (Phi) is 11.5. The molecule has 1 fully saturated rings. The number of carbonyl (C=O) groups excluding carboxylic acids is 2. The number of ketones is 1. The normalized spacial score (nSPS) is 13.3. The Hall–Kier alpha value is -3.19. The largest absolute Gasteiger partial charge is 1.00 e. The third-order valence-corrected chi connectivity index (χ3v) is 7.29. The minimum atomic E-state index is -0.272. The van der Waals surface area contributed by atoms with Crippen LogP contribution in [-0.4, -0.2) is 72.3 Å². The van der Waals surface area contributed by atoms with E-state index in [0.29, 0.717) is 71.1 Å². The zero-order chi connectivity index (χ0) is 28.8. The number of carbonyl (C=O) groups is 2. The van der Waals surface area contributed by atoms with Crippen LogP contribution in [0.5, 0.6) is 0 Å². The zero-order valence-electron chi connectivity index (χ0n) is 23.7. The number of nitrogens with zero attached hydrogens (tertiary/aromatic N) is 5. The standard InChI is InChI=1S/C27H37ClN8O4.ClH/c1-4-35-19-15-17(27(38)31-9-12-39-6-3)18(34-10-13-40-14-11-34)16-20(19)36(5-2)22(35)8-7-21(37)23-25(29)33-26(30)24(28)32-23;/h15-16H,4-14H2,1-3H3,(H4-,29,30,31,33,37,38);1H. The van der Waals surface area contributed by atoms with Gasteiger partial charge in [-0.2, -0.15) is 0 Å². The molecule has 0 saturated carbocycles. The predicted molar refractivity (Wildman–Crippen MR) is 154 cm³/mol. The van der Waals surface area contributed by atoms with Crippen LogP contribution in [0.1, 0.15) is 53.9 Å². The molecule has 2 aromatic heterocycles. The van der Waals surface area contributed by atoms with Gasteiger partial charge in [-0.05, 0) is 20.8 Å². The summed E-state index contributed by atoms with van der Waals surface area (Å²) in [6, 6.07) is 4.04. The molecule has 1 aliphatic rings. The van der Waals surface area contributed by atoms with Crippen molar-refractivity contribution in [2.24, 2.45) is 0 Å². The van der Waals surface area contributed by atoms with Crippen LogP contribution in [0.2, 0.25) is 5.15 Å². The smallest absolute Gasteiger partial charge is 0.257 e. The minimum Gasteiger partial charge on any atom is -1.00 e. The van der Waals surface area contributed by atoms with Gasteiger partial charge < -0.3 is 43.6 Å². The van der Waals surface area contributed by atoms with E-state index in [2.05, 4.69) is 42.3 Å². The Morgan fingerprint density at radius 1 is 1.15 bits per heavy atom. The molecule has 4 rings (SSSR count). The van der Waals surface area contributed by atoms with E-state index in [1.54, 1.807) is 0 Å². The number of fused-ring (bicyclic) bond motifs is 1. The molecular weight excluding hydrogens is 571 g/mol. The Balaban J connectivity index is 0.00000462. The lowest BCUT2D eigenvalue weighted by atomic mass is 10.1. The molecular formula is C27H38Cl2N8O4. The molecule has 224 valence electrons. The summed E-state index contributed by atoms with van der Waals surface area (Å²) in [5.74, 6) is 0.482. The number of nitrogens with two attached hydrogens (primary N) is 2. The van der Waals surface area contributed by atoms with Crippen molar-refractivity contribution < 1.29 is 36.0 Å². The average Bonchev–Trinajstić information content (AvgIpc) is 3.26. The summed E-state index contributed by atoms with van der Waals surface area (Å²) in [7, 11) is 0. The van der Waals surface area contributed by atoms with Crippen LogP contribution in [0, 0.1) is 0 Å². The van der Waals surface area contributed by atoms with Crippen molar-refractivity contribution in [1.29, 1.82) is 0 Å². The number of hydrogen-bond donors (Lipinski definition) is 3. The molecule has 3 heterocycles. The lowest BCUT2D eigenvalue weighted by molar-refractivity contribution is -0.676. The second-order valence-electron chi connectivity index (χ2n) is 9.37. The quantitative estimate of drug-likeness (QED) is 0.133. The van der Waals surface area contributed by atoms with Gasteiger partial charge in [0.15, 0.2) is 33.6 Å².